The van der Waals surface area contributed by atoms with Crippen molar-refractivity contribution in [3.63, 3.8) is 0 Å². The second kappa shape index (κ2) is 5.71. The van der Waals surface area contributed by atoms with Crippen LogP contribution in [0.15, 0.2) is 24.7 Å². The van der Waals surface area contributed by atoms with Crippen LogP contribution in [0, 0.1) is 5.92 Å². The van der Waals surface area contributed by atoms with Crippen molar-refractivity contribution in [2.75, 3.05) is 20.1 Å². The van der Waals surface area contributed by atoms with E-state index in [0.29, 0.717) is 0 Å². The summed E-state index contributed by atoms with van der Waals surface area (Å²) in [7, 11) is 2.18. The highest BCUT2D eigenvalue weighted by Gasteiger charge is 2.20. The number of rotatable bonds is 4. The SMILES string of the molecule is CCn1nccc1-c1cnc(CC2CCN(C)C2)cn1. The topological polar surface area (TPSA) is 46.8 Å². The first-order chi connectivity index (χ1) is 9.76. The normalized spacial score (nSPS) is 19.6. The average molecular weight is 271 g/mol. The molecule has 1 saturated heterocycles. The van der Waals surface area contributed by atoms with Gasteiger partial charge in [-0.25, -0.2) is 0 Å². The average Bonchev–Trinajstić information content (AvgIpc) is 3.08. The van der Waals surface area contributed by atoms with Crippen molar-refractivity contribution in [2.24, 2.45) is 5.92 Å². The van der Waals surface area contributed by atoms with E-state index in [1.807, 2.05) is 29.3 Å². The van der Waals surface area contributed by atoms with E-state index < -0.39 is 0 Å². The van der Waals surface area contributed by atoms with Crippen LogP contribution in [0.25, 0.3) is 11.4 Å². The molecule has 0 bridgehead atoms. The van der Waals surface area contributed by atoms with Crippen molar-refractivity contribution >= 4 is 0 Å². The minimum atomic E-state index is 0.723. The molecule has 0 saturated carbocycles. The van der Waals surface area contributed by atoms with E-state index in [1.165, 1.54) is 19.5 Å². The summed E-state index contributed by atoms with van der Waals surface area (Å²) in [5.74, 6) is 0.723. The largest absolute Gasteiger partial charge is 0.306 e. The molecular formula is C15H21N5. The molecule has 3 heterocycles. The third-order valence-corrected chi connectivity index (χ3v) is 3.97. The highest BCUT2D eigenvalue weighted by molar-refractivity contribution is 5.52. The van der Waals surface area contributed by atoms with E-state index in [2.05, 4.69) is 33.9 Å². The molecule has 0 aromatic carbocycles. The zero-order chi connectivity index (χ0) is 13.9. The van der Waals surface area contributed by atoms with E-state index in [-0.39, 0.29) is 0 Å². The van der Waals surface area contributed by atoms with Gasteiger partial charge in [0.1, 0.15) is 5.69 Å². The van der Waals surface area contributed by atoms with Gasteiger partial charge in [0.2, 0.25) is 0 Å². The van der Waals surface area contributed by atoms with Crippen LogP contribution >= 0.6 is 0 Å². The predicted octanol–water partition coefficient (Wildman–Crippen LogP) is 1.85. The Morgan fingerprint density at radius 1 is 1.30 bits per heavy atom. The quantitative estimate of drug-likeness (QED) is 0.851. The standard InChI is InChI=1S/C15H21N5/c1-3-20-15(4-6-18-20)14-10-16-13(9-17-14)8-12-5-7-19(2)11-12/h4,6,9-10,12H,3,5,7-8,11H2,1-2H3. The molecule has 1 atom stereocenters. The van der Waals surface area contributed by atoms with Crippen LogP contribution in [-0.4, -0.2) is 44.8 Å². The van der Waals surface area contributed by atoms with E-state index in [0.717, 1.165) is 36.0 Å². The van der Waals surface area contributed by atoms with E-state index >= 15 is 0 Å². The fraction of sp³-hybridized carbons (Fsp3) is 0.533. The lowest BCUT2D eigenvalue weighted by molar-refractivity contribution is 0.393. The summed E-state index contributed by atoms with van der Waals surface area (Å²) in [4.78, 5) is 11.5. The fourth-order valence-corrected chi connectivity index (χ4v) is 2.88. The van der Waals surface area contributed by atoms with Crippen LogP contribution in [0.4, 0.5) is 0 Å². The molecule has 5 heteroatoms. The third kappa shape index (κ3) is 2.72. The van der Waals surface area contributed by atoms with Gasteiger partial charge in [-0.3, -0.25) is 14.6 Å². The molecule has 0 amide bonds. The molecule has 0 spiro atoms. The van der Waals surface area contributed by atoms with Gasteiger partial charge in [0.25, 0.3) is 0 Å². The third-order valence-electron chi connectivity index (χ3n) is 3.97. The molecule has 1 aliphatic heterocycles. The van der Waals surface area contributed by atoms with Crippen molar-refractivity contribution in [2.45, 2.75) is 26.3 Å². The molecule has 2 aromatic rings. The summed E-state index contributed by atoms with van der Waals surface area (Å²) in [5, 5.41) is 4.27. The Balaban J connectivity index is 1.71. The Bertz CT molecular complexity index is 560. The van der Waals surface area contributed by atoms with Crippen molar-refractivity contribution in [3.05, 3.63) is 30.4 Å². The highest BCUT2D eigenvalue weighted by Crippen LogP contribution is 2.20. The molecule has 2 aromatic heterocycles. The maximum atomic E-state index is 4.58. The second-order valence-electron chi connectivity index (χ2n) is 5.55. The molecular weight excluding hydrogens is 250 g/mol. The molecule has 1 aliphatic rings. The second-order valence-corrected chi connectivity index (χ2v) is 5.55. The zero-order valence-electron chi connectivity index (χ0n) is 12.2. The molecule has 5 nitrogen and oxygen atoms in total. The predicted molar refractivity (Wildman–Crippen MR) is 78.2 cm³/mol. The first-order valence-corrected chi connectivity index (χ1v) is 7.28. The summed E-state index contributed by atoms with van der Waals surface area (Å²) >= 11 is 0. The number of nitrogens with zero attached hydrogens (tertiary/aromatic N) is 5. The summed E-state index contributed by atoms with van der Waals surface area (Å²) in [6, 6.07) is 1.99. The van der Waals surface area contributed by atoms with E-state index in [4.69, 9.17) is 0 Å². The maximum absolute atomic E-state index is 4.58. The lowest BCUT2D eigenvalue weighted by atomic mass is 10.0. The first kappa shape index (κ1) is 13.2. The first-order valence-electron chi connectivity index (χ1n) is 7.28. The molecule has 106 valence electrons. The van der Waals surface area contributed by atoms with Gasteiger partial charge in [0.15, 0.2) is 0 Å². The minimum Gasteiger partial charge on any atom is -0.306 e. The lowest BCUT2D eigenvalue weighted by Crippen LogP contribution is -2.15. The Hall–Kier alpha value is -1.75. The number of aryl methyl sites for hydroxylation is 1. The summed E-state index contributed by atoms with van der Waals surface area (Å²) in [5.41, 5.74) is 3.03. The van der Waals surface area contributed by atoms with Crippen LogP contribution < -0.4 is 0 Å². The van der Waals surface area contributed by atoms with Gasteiger partial charge in [-0.1, -0.05) is 0 Å². The Kier molecular flexibility index (Phi) is 3.78. The lowest BCUT2D eigenvalue weighted by Gasteiger charge is -2.10. The Morgan fingerprint density at radius 2 is 2.20 bits per heavy atom. The van der Waals surface area contributed by atoms with Gasteiger partial charge in [-0.2, -0.15) is 5.10 Å². The van der Waals surface area contributed by atoms with E-state index in [1.54, 1.807) is 0 Å². The highest BCUT2D eigenvalue weighted by atomic mass is 15.3. The monoisotopic (exact) mass is 271 g/mol. The number of aromatic nitrogens is 4. The maximum Gasteiger partial charge on any atom is 0.107 e. The molecule has 0 radical (unpaired) electrons. The molecule has 1 fully saturated rings. The molecule has 3 rings (SSSR count). The minimum absolute atomic E-state index is 0.723. The Labute approximate surface area is 119 Å². The van der Waals surface area contributed by atoms with Gasteiger partial charge in [-0.15, -0.1) is 0 Å². The summed E-state index contributed by atoms with van der Waals surface area (Å²) in [6.45, 7) is 5.30. The smallest absolute Gasteiger partial charge is 0.107 e. The van der Waals surface area contributed by atoms with Crippen LogP contribution in [0.5, 0.6) is 0 Å². The Morgan fingerprint density at radius 3 is 2.85 bits per heavy atom. The molecule has 1 unspecified atom stereocenters. The van der Waals surface area contributed by atoms with Crippen molar-refractivity contribution in [1.29, 1.82) is 0 Å². The number of hydrogen-bond donors (Lipinski definition) is 0. The van der Waals surface area contributed by atoms with Gasteiger partial charge >= 0.3 is 0 Å². The molecule has 0 aliphatic carbocycles. The fourth-order valence-electron chi connectivity index (χ4n) is 2.88. The van der Waals surface area contributed by atoms with Crippen LogP contribution in [-0.2, 0) is 13.0 Å². The molecule has 0 N–H and O–H groups in total. The molecule has 20 heavy (non-hydrogen) atoms. The van der Waals surface area contributed by atoms with Crippen molar-refractivity contribution < 1.29 is 0 Å². The van der Waals surface area contributed by atoms with Gasteiger partial charge in [0.05, 0.1) is 17.6 Å². The van der Waals surface area contributed by atoms with Crippen LogP contribution in [0.2, 0.25) is 0 Å². The van der Waals surface area contributed by atoms with Gasteiger partial charge < -0.3 is 4.90 Å². The summed E-state index contributed by atoms with van der Waals surface area (Å²) in [6.07, 6.45) is 7.90. The summed E-state index contributed by atoms with van der Waals surface area (Å²) < 4.78 is 1.94. The number of hydrogen-bond acceptors (Lipinski definition) is 4. The van der Waals surface area contributed by atoms with Crippen LogP contribution in [0.1, 0.15) is 19.0 Å². The number of likely N-dealkylation sites (tertiary alicyclic amines) is 1. The van der Waals surface area contributed by atoms with Crippen molar-refractivity contribution in [3.8, 4) is 11.4 Å². The van der Waals surface area contributed by atoms with E-state index in [9.17, 15) is 0 Å². The van der Waals surface area contributed by atoms with Gasteiger partial charge in [-0.05, 0) is 45.3 Å². The van der Waals surface area contributed by atoms with Crippen LogP contribution in [0.3, 0.4) is 0 Å². The zero-order valence-corrected chi connectivity index (χ0v) is 12.2. The van der Waals surface area contributed by atoms with Gasteiger partial charge in [0, 0.05) is 25.5 Å². The van der Waals surface area contributed by atoms with Crippen molar-refractivity contribution in [1.82, 2.24) is 24.6 Å².